The Morgan fingerprint density at radius 3 is 2.68 bits per heavy atom. The van der Waals surface area contributed by atoms with Crippen molar-refractivity contribution in [3.05, 3.63) is 70.4 Å². The van der Waals surface area contributed by atoms with Crippen molar-refractivity contribution in [2.24, 2.45) is 0 Å². The molecule has 2 heterocycles. The molecular weight excluding hydrogens is 338 g/mol. The Bertz CT molecular complexity index is 836. The van der Waals surface area contributed by atoms with Crippen LogP contribution in [0, 0.1) is 0 Å². The minimum absolute atomic E-state index is 0.211. The van der Waals surface area contributed by atoms with E-state index >= 15 is 0 Å². The molecule has 0 bridgehead atoms. The van der Waals surface area contributed by atoms with Crippen molar-refractivity contribution < 1.29 is 14.3 Å². The van der Waals surface area contributed by atoms with E-state index in [1.54, 1.807) is 24.9 Å². The lowest BCUT2D eigenvalue weighted by Crippen LogP contribution is -2.23. The predicted molar refractivity (Wildman–Crippen MR) is 94.8 cm³/mol. The van der Waals surface area contributed by atoms with Gasteiger partial charge in [-0.1, -0.05) is 12.1 Å². The number of hydrogen-bond donors (Lipinski definition) is 1. The quantitative estimate of drug-likeness (QED) is 0.705. The average Bonchev–Trinajstić information content (AvgIpc) is 3.14. The second-order valence-electron chi connectivity index (χ2n) is 5.10. The summed E-state index contributed by atoms with van der Waals surface area (Å²) in [7, 11) is 1.59. The fourth-order valence-corrected chi connectivity index (χ4v) is 2.82. The van der Waals surface area contributed by atoms with E-state index in [0.717, 1.165) is 10.6 Å². The zero-order chi connectivity index (χ0) is 17.5. The van der Waals surface area contributed by atoms with Gasteiger partial charge in [0.1, 0.15) is 17.3 Å². The summed E-state index contributed by atoms with van der Waals surface area (Å²) in [5.41, 5.74) is 1.37. The van der Waals surface area contributed by atoms with E-state index < -0.39 is 0 Å². The Morgan fingerprint density at radius 2 is 1.92 bits per heavy atom. The number of carbonyl (C=O) groups excluding carboxylic acids is 1. The normalized spacial score (nSPS) is 10.3. The molecule has 0 fully saturated rings. The van der Waals surface area contributed by atoms with E-state index in [9.17, 15) is 4.79 Å². The molecule has 0 radical (unpaired) electrons. The maximum atomic E-state index is 12.2. The van der Waals surface area contributed by atoms with Gasteiger partial charge in [0, 0.05) is 24.3 Å². The van der Waals surface area contributed by atoms with Crippen molar-refractivity contribution in [1.82, 2.24) is 15.3 Å². The van der Waals surface area contributed by atoms with Gasteiger partial charge < -0.3 is 14.8 Å². The Labute approximate surface area is 149 Å². The summed E-state index contributed by atoms with van der Waals surface area (Å²) in [6, 6.07) is 11.1. The second-order valence-corrected chi connectivity index (χ2v) is 6.05. The molecular formula is C18H17N3O3S. The van der Waals surface area contributed by atoms with Crippen LogP contribution in [0.5, 0.6) is 11.5 Å². The number of carbonyl (C=O) groups is 1. The molecule has 25 heavy (non-hydrogen) atoms. The Kier molecular flexibility index (Phi) is 5.58. The summed E-state index contributed by atoms with van der Waals surface area (Å²) in [5, 5.41) is 5.28. The van der Waals surface area contributed by atoms with Gasteiger partial charge in [0.05, 0.1) is 7.11 Å². The minimum Gasteiger partial charge on any atom is -0.493 e. The van der Waals surface area contributed by atoms with Gasteiger partial charge in [0.25, 0.3) is 5.91 Å². The zero-order valence-corrected chi connectivity index (χ0v) is 14.5. The summed E-state index contributed by atoms with van der Waals surface area (Å²) < 4.78 is 11.0. The molecule has 0 saturated carbocycles. The van der Waals surface area contributed by atoms with Crippen LogP contribution in [-0.2, 0) is 13.2 Å². The number of aromatic nitrogens is 2. The van der Waals surface area contributed by atoms with Crippen molar-refractivity contribution in [3.63, 3.8) is 0 Å². The Hall–Kier alpha value is -2.93. The van der Waals surface area contributed by atoms with Crippen molar-refractivity contribution in [2.45, 2.75) is 13.2 Å². The smallest absolute Gasteiger partial charge is 0.271 e. The van der Waals surface area contributed by atoms with Gasteiger partial charge in [-0.2, -0.15) is 0 Å². The number of para-hydroxylation sites is 2. The van der Waals surface area contributed by atoms with Crippen molar-refractivity contribution >= 4 is 17.2 Å². The molecule has 128 valence electrons. The van der Waals surface area contributed by atoms with E-state index in [4.69, 9.17) is 9.47 Å². The zero-order valence-electron chi connectivity index (χ0n) is 13.6. The number of ether oxygens (including phenoxy) is 2. The summed E-state index contributed by atoms with van der Waals surface area (Å²) in [4.78, 5) is 20.4. The van der Waals surface area contributed by atoms with Gasteiger partial charge >= 0.3 is 0 Å². The van der Waals surface area contributed by atoms with Crippen LogP contribution in [0.2, 0.25) is 0 Å². The van der Waals surface area contributed by atoms with E-state index in [1.165, 1.54) is 11.3 Å². The third kappa shape index (κ3) is 4.54. The number of nitrogens with zero attached hydrogens (tertiary/aromatic N) is 2. The molecule has 0 unspecified atom stereocenters. The molecule has 7 heteroatoms. The lowest BCUT2D eigenvalue weighted by atomic mass is 10.2. The molecule has 3 rings (SSSR count). The van der Waals surface area contributed by atoms with Crippen LogP contribution in [0.3, 0.4) is 0 Å². The van der Waals surface area contributed by atoms with E-state index in [-0.39, 0.29) is 12.5 Å². The van der Waals surface area contributed by atoms with E-state index in [1.807, 2.05) is 36.4 Å². The highest BCUT2D eigenvalue weighted by Crippen LogP contribution is 2.27. The summed E-state index contributed by atoms with van der Waals surface area (Å²) >= 11 is 1.38. The van der Waals surface area contributed by atoms with Gasteiger partial charge in [-0.25, -0.2) is 4.98 Å². The number of amides is 1. The maximum absolute atomic E-state index is 12.2. The van der Waals surface area contributed by atoms with Crippen LogP contribution < -0.4 is 14.8 Å². The van der Waals surface area contributed by atoms with Crippen LogP contribution in [0.25, 0.3) is 0 Å². The molecule has 0 atom stereocenters. The molecule has 1 aromatic carbocycles. The number of pyridine rings is 1. The molecule has 0 aliphatic heterocycles. The Morgan fingerprint density at radius 1 is 1.16 bits per heavy atom. The first kappa shape index (κ1) is 16.9. The molecule has 6 nitrogen and oxygen atoms in total. The highest BCUT2D eigenvalue weighted by Gasteiger charge is 2.11. The maximum Gasteiger partial charge on any atom is 0.271 e. The Balaban J connectivity index is 1.55. The SMILES string of the molecule is COc1ccccc1OCc1nc(C(=O)NCc2ccncc2)cs1. The molecule has 1 N–H and O–H groups in total. The van der Waals surface area contributed by atoms with Crippen LogP contribution >= 0.6 is 11.3 Å². The predicted octanol–water partition coefficient (Wildman–Crippen LogP) is 3.06. The lowest BCUT2D eigenvalue weighted by molar-refractivity contribution is 0.0946. The van der Waals surface area contributed by atoms with Crippen molar-refractivity contribution in [2.75, 3.05) is 7.11 Å². The molecule has 0 aliphatic carbocycles. The molecule has 0 saturated heterocycles. The number of thiazole rings is 1. The monoisotopic (exact) mass is 355 g/mol. The van der Waals surface area contributed by atoms with Crippen LogP contribution in [0.1, 0.15) is 21.1 Å². The number of nitrogens with one attached hydrogen (secondary N) is 1. The van der Waals surface area contributed by atoms with Gasteiger partial charge in [-0.15, -0.1) is 11.3 Å². The van der Waals surface area contributed by atoms with Crippen molar-refractivity contribution in [3.8, 4) is 11.5 Å². The highest BCUT2D eigenvalue weighted by molar-refractivity contribution is 7.09. The lowest BCUT2D eigenvalue weighted by Gasteiger charge is -2.08. The molecule has 3 aromatic rings. The van der Waals surface area contributed by atoms with Gasteiger partial charge in [-0.3, -0.25) is 9.78 Å². The number of benzene rings is 1. The summed E-state index contributed by atoms with van der Waals surface area (Å²) in [5.74, 6) is 1.09. The number of hydrogen-bond acceptors (Lipinski definition) is 6. The first-order chi connectivity index (χ1) is 12.3. The fourth-order valence-electron chi connectivity index (χ4n) is 2.13. The molecule has 2 aromatic heterocycles. The van der Waals surface area contributed by atoms with Crippen LogP contribution in [0.15, 0.2) is 54.2 Å². The average molecular weight is 355 g/mol. The van der Waals surface area contributed by atoms with Gasteiger partial charge in [0.15, 0.2) is 11.5 Å². The fraction of sp³-hybridized carbons (Fsp3) is 0.167. The molecule has 0 spiro atoms. The largest absolute Gasteiger partial charge is 0.493 e. The summed E-state index contributed by atoms with van der Waals surface area (Å²) in [6.45, 7) is 0.717. The third-order valence-electron chi connectivity index (χ3n) is 3.41. The number of methoxy groups -OCH3 is 1. The van der Waals surface area contributed by atoms with Gasteiger partial charge in [0.2, 0.25) is 0 Å². The van der Waals surface area contributed by atoms with E-state index in [0.29, 0.717) is 23.7 Å². The van der Waals surface area contributed by atoms with Gasteiger partial charge in [-0.05, 0) is 29.8 Å². The van der Waals surface area contributed by atoms with Crippen LogP contribution in [0.4, 0.5) is 0 Å². The topological polar surface area (TPSA) is 73.3 Å². The first-order valence-corrected chi connectivity index (χ1v) is 8.51. The van der Waals surface area contributed by atoms with E-state index in [2.05, 4.69) is 15.3 Å². The third-order valence-corrected chi connectivity index (χ3v) is 4.23. The second kappa shape index (κ2) is 8.25. The summed E-state index contributed by atoms with van der Waals surface area (Å²) in [6.07, 6.45) is 3.38. The first-order valence-electron chi connectivity index (χ1n) is 7.63. The molecule has 0 aliphatic rings. The van der Waals surface area contributed by atoms with Crippen molar-refractivity contribution in [1.29, 1.82) is 0 Å². The minimum atomic E-state index is -0.211. The standard InChI is InChI=1S/C18H17N3O3S/c1-23-15-4-2-3-5-16(15)24-11-17-21-14(12-25-17)18(22)20-10-13-6-8-19-9-7-13/h2-9,12H,10-11H2,1H3,(H,20,22). The molecule has 1 amide bonds. The number of rotatable bonds is 7. The van der Waals surface area contributed by atoms with Crippen LogP contribution in [-0.4, -0.2) is 23.0 Å². The highest BCUT2D eigenvalue weighted by atomic mass is 32.1.